The van der Waals surface area contributed by atoms with Crippen LogP contribution in [0.15, 0.2) is 12.3 Å². The van der Waals surface area contributed by atoms with Crippen LogP contribution in [-0.4, -0.2) is 27.0 Å². The first kappa shape index (κ1) is 15.5. The summed E-state index contributed by atoms with van der Waals surface area (Å²) in [4.78, 5) is 0. The van der Waals surface area contributed by atoms with Crippen LogP contribution < -0.4 is 5.32 Å². The molecule has 1 aliphatic carbocycles. The molecule has 0 spiro atoms. The summed E-state index contributed by atoms with van der Waals surface area (Å²) in [7, 11) is 0. The fraction of sp³-hybridized carbons (Fsp3) is 0.812. The number of aromatic nitrogens is 2. The Bertz CT molecular complexity index is 415. The van der Waals surface area contributed by atoms with E-state index < -0.39 is 5.60 Å². The highest BCUT2D eigenvalue weighted by Crippen LogP contribution is 2.39. The van der Waals surface area contributed by atoms with Crippen LogP contribution in [0.3, 0.4) is 0 Å². The van der Waals surface area contributed by atoms with Crippen molar-refractivity contribution in [3.8, 4) is 0 Å². The smallest absolute Gasteiger partial charge is 0.0772 e. The molecule has 1 aliphatic rings. The van der Waals surface area contributed by atoms with E-state index in [9.17, 15) is 5.11 Å². The van der Waals surface area contributed by atoms with E-state index >= 15 is 0 Å². The van der Waals surface area contributed by atoms with E-state index in [1.165, 1.54) is 5.69 Å². The van der Waals surface area contributed by atoms with Gasteiger partial charge in [0.1, 0.15) is 0 Å². The van der Waals surface area contributed by atoms with Crippen LogP contribution in [0.2, 0.25) is 0 Å². The molecule has 4 heteroatoms. The first-order chi connectivity index (χ1) is 9.44. The van der Waals surface area contributed by atoms with Gasteiger partial charge in [-0.3, -0.25) is 4.68 Å². The number of rotatable bonds is 6. The molecule has 1 saturated carbocycles. The monoisotopic (exact) mass is 279 g/mol. The van der Waals surface area contributed by atoms with Gasteiger partial charge in [-0.15, -0.1) is 0 Å². The average molecular weight is 279 g/mol. The molecule has 1 aromatic heterocycles. The average Bonchev–Trinajstić information content (AvgIpc) is 2.82. The molecule has 0 unspecified atom stereocenters. The minimum atomic E-state index is -0.523. The van der Waals surface area contributed by atoms with Crippen LogP contribution in [0.4, 0.5) is 0 Å². The van der Waals surface area contributed by atoms with Crippen LogP contribution >= 0.6 is 0 Å². The number of hydrogen-bond donors (Lipinski definition) is 2. The van der Waals surface area contributed by atoms with Gasteiger partial charge in [0.15, 0.2) is 0 Å². The number of hydrogen-bond acceptors (Lipinski definition) is 3. The van der Waals surface area contributed by atoms with Crippen LogP contribution in [0, 0.1) is 5.41 Å². The lowest BCUT2D eigenvalue weighted by atomic mass is 9.71. The van der Waals surface area contributed by atoms with Gasteiger partial charge in [0.25, 0.3) is 0 Å². The quantitative estimate of drug-likeness (QED) is 0.842. The summed E-state index contributed by atoms with van der Waals surface area (Å²) >= 11 is 0. The van der Waals surface area contributed by atoms with Crippen molar-refractivity contribution in [1.82, 2.24) is 15.1 Å². The molecule has 0 radical (unpaired) electrons. The first-order valence-electron chi connectivity index (χ1n) is 7.88. The van der Waals surface area contributed by atoms with Crippen LogP contribution in [0.5, 0.6) is 0 Å². The minimum Gasteiger partial charge on any atom is -0.389 e. The van der Waals surface area contributed by atoms with E-state index in [-0.39, 0.29) is 0 Å². The summed E-state index contributed by atoms with van der Waals surface area (Å²) in [5, 5.41) is 18.4. The normalized spacial score (nSPS) is 21.0. The Morgan fingerprint density at radius 2 is 2.00 bits per heavy atom. The highest BCUT2D eigenvalue weighted by atomic mass is 16.3. The molecule has 0 atom stereocenters. The van der Waals surface area contributed by atoms with E-state index in [0.29, 0.717) is 12.0 Å². The van der Waals surface area contributed by atoms with Crippen molar-refractivity contribution in [2.24, 2.45) is 5.41 Å². The summed E-state index contributed by atoms with van der Waals surface area (Å²) in [6.45, 7) is 9.17. The molecule has 1 fully saturated rings. The first-order valence-corrected chi connectivity index (χ1v) is 7.88. The molecule has 1 aromatic rings. The van der Waals surface area contributed by atoms with E-state index in [2.05, 4.69) is 37.3 Å². The second-order valence-corrected chi connectivity index (χ2v) is 7.04. The topological polar surface area (TPSA) is 50.1 Å². The van der Waals surface area contributed by atoms with Gasteiger partial charge in [-0.05, 0) is 43.6 Å². The SMILES string of the molecule is CCCn1nccc1CNCC1(O)CCC(C)(C)CC1. The number of nitrogens with zero attached hydrogens (tertiary/aromatic N) is 2. The van der Waals surface area contributed by atoms with Crippen LogP contribution in [0.25, 0.3) is 0 Å². The number of nitrogens with one attached hydrogen (secondary N) is 1. The molecular formula is C16H29N3O. The molecule has 0 saturated heterocycles. The molecule has 0 bridgehead atoms. The molecule has 114 valence electrons. The largest absolute Gasteiger partial charge is 0.389 e. The zero-order valence-corrected chi connectivity index (χ0v) is 13.2. The highest BCUT2D eigenvalue weighted by molar-refractivity contribution is 5.00. The predicted octanol–water partition coefficient (Wildman–Crippen LogP) is 2.71. The molecule has 0 amide bonds. The lowest BCUT2D eigenvalue weighted by Gasteiger charge is -2.40. The minimum absolute atomic E-state index is 0.395. The van der Waals surface area contributed by atoms with Crippen molar-refractivity contribution in [3.05, 3.63) is 18.0 Å². The third-order valence-corrected chi connectivity index (χ3v) is 4.53. The Kier molecular flexibility index (Phi) is 4.86. The summed E-state index contributed by atoms with van der Waals surface area (Å²) in [6, 6.07) is 2.05. The van der Waals surface area contributed by atoms with Crippen molar-refractivity contribution in [2.75, 3.05) is 6.54 Å². The summed E-state index contributed by atoms with van der Waals surface area (Å²) < 4.78 is 2.04. The van der Waals surface area contributed by atoms with E-state index in [4.69, 9.17) is 0 Å². The molecule has 1 heterocycles. The maximum atomic E-state index is 10.6. The van der Waals surface area contributed by atoms with E-state index in [1.807, 2.05) is 10.9 Å². The lowest BCUT2D eigenvalue weighted by molar-refractivity contribution is -0.0246. The van der Waals surface area contributed by atoms with Crippen LogP contribution in [-0.2, 0) is 13.1 Å². The lowest BCUT2D eigenvalue weighted by Crippen LogP contribution is -2.45. The molecule has 0 aliphatic heterocycles. The van der Waals surface area contributed by atoms with Crippen molar-refractivity contribution in [3.63, 3.8) is 0 Å². The van der Waals surface area contributed by atoms with Gasteiger partial charge in [0, 0.05) is 25.8 Å². The second-order valence-electron chi connectivity index (χ2n) is 7.04. The Labute approximate surface area is 122 Å². The van der Waals surface area contributed by atoms with Gasteiger partial charge in [0.2, 0.25) is 0 Å². The zero-order valence-electron chi connectivity index (χ0n) is 13.2. The molecular weight excluding hydrogens is 250 g/mol. The van der Waals surface area contributed by atoms with Gasteiger partial charge < -0.3 is 10.4 Å². The number of aliphatic hydroxyl groups is 1. The standard InChI is InChI=1S/C16H29N3O/c1-4-11-19-14(5-10-18-19)12-17-13-16(20)8-6-15(2,3)7-9-16/h5,10,17,20H,4,6-9,11-13H2,1-3H3. The molecule has 4 nitrogen and oxygen atoms in total. The Morgan fingerprint density at radius 1 is 1.30 bits per heavy atom. The fourth-order valence-corrected chi connectivity index (χ4v) is 2.92. The summed E-state index contributed by atoms with van der Waals surface area (Å²) in [5.74, 6) is 0. The van der Waals surface area contributed by atoms with Crippen molar-refractivity contribution < 1.29 is 5.11 Å². The third-order valence-electron chi connectivity index (χ3n) is 4.53. The summed E-state index contributed by atoms with van der Waals surface area (Å²) in [6.07, 6.45) is 6.97. The highest BCUT2D eigenvalue weighted by Gasteiger charge is 2.36. The van der Waals surface area contributed by atoms with Crippen molar-refractivity contribution in [2.45, 2.75) is 71.6 Å². The maximum Gasteiger partial charge on any atom is 0.0772 e. The van der Waals surface area contributed by atoms with Gasteiger partial charge in [-0.1, -0.05) is 20.8 Å². The van der Waals surface area contributed by atoms with Gasteiger partial charge >= 0.3 is 0 Å². The molecule has 20 heavy (non-hydrogen) atoms. The molecule has 0 aromatic carbocycles. The Balaban J connectivity index is 1.79. The summed E-state index contributed by atoms with van der Waals surface area (Å²) in [5.41, 5.74) is 1.07. The zero-order chi connectivity index (χ0) is 14.6. The van der Waals surface area contributed by atoms with E-state index in [0.717, 1.165) is 45.2 Å². The predicted molar refractivity (Wildman–Crippen MR) is 81.4 cm³/mol. The third kappa shape index (κ3) is 4.06. The van der Waals surface area contributed by atoms with Crippen LogP contribution in [0.1, 0.15) is 58.6 Å². The fourth-order valence-electron chi connectivity index (χ4n) is 2.92. The van der Waals surface area contributed by atoms with Gasteiger partial charge in [-0.2, -0.15) is 5.10 Å². The Hall–Kier alpha value is -0.870. The number of aryl methyl sites for hydroxylation is 1. The maximum absolute atomic E-state index is 10.6. The van der Waals surface area contributed by atoms with E-state index in [1.54, 1.807) is 0 Å². The second kappa shape index (κ2) is 6.27. The van der Waals surface area contributed by atoms with Gasteiger partial charge in [0.05, 0.1) is 11.3 Å². The molecule has 2 N–H and O–H groups in total. The van der Waals surface area contributed by atoms with Crippen molar-refractivity contribution >= 4 is 0 Å². The van der Waals surface area contributed by atoms with Gasteiger partial charge in [-0.25, -0.2) is 0 Å². The Morgan fingerprint density at radius 3 is 2.65 bits per heavy atom. The van der Waals surface area contributed by atoms with Crippen molar-refractivity contribution in [1.29, 1.82) is 0 Å². The molecule has 2 rings (SSSR count).